The average Bonchev–Trinajstić information content (AvgIpc) is 3.23. The van der Waals surface area contributed by atoms with Crippen molar-refractivity contribution in [1.29, 1.82) is 0 Å². The summed E-state index contributed by atoms with van der Waals surface area (Å²) in [5.41, 5.74) is 2.52. The third kappa shape index (κ3) is 4.63. The minimum absolute atomic E-state index is 0.0592. The van der Waals surface area contributed by atoms with Gasteiger partial charge in [0.1, 0.15) is 0 Å². The second-order valence-corrected chi connectivity index (χ2v) is 8.86. The van der Waals surface area contributed by atoms with E-state index in [0.29, 0.717) is 35.9 Å². The van der Waals surface area contributed by atoms with E-state index in [1.807, 2.05) is 0 Å². The van der Waals surface area contributed by atoms with Gasteiger partial charge in [0, 0.05) is 11.3 Å². The van der Waals surface area contributed by atoms with Gasteiger partial charge >= 0.3 is 6.18 Å². The molecule has 0 unspecified atom stereocenters. The van der Waals surface area contributed by atoms with Crippen LogP contribution in [0.15, 0.2) is 69.7 Å². The molecular weight excluding hydrogens is 443 g/mol. The molecular formula is C21H18F3N5O2S. The Balaban J connectivity index is 1.56. The number of primary sulfonamides is 1. The Morgan fingerprint density at radius 3 is 2.41 bits per heavy atom. The summed E-state index contributed by atoms with van der Waals surface area (Å²) in [7, 11) is -3.75. The van der Waals surface area contributed by atoms with Gasteiger partial charge in [-0.2, -0.15) is 13.2 Å². The van der Waals surface area contributed by atoms with Crippen LogP contribution in [0.5, 0.6) is 0 Å². The fourth-order valence-corrected chi connectivity index (χ4v) is 3.88. The maximum atomic E-state index is 12.8. The number of aliphatic imine (C=N–C) groups is 1. The number of nitrogens with zero attached hydrogens (tertiary/aromatic N) is 4. The maximum Gasteiger partial charge on any atom is 0.416 e. The van der Waals surface area contributed by atoms with E-state index in [1.54, 1.807) is 30.3 Å². The summed E-state index contributed by atoms with van der Waals surface area (Å²) in [6.07, 6.45) is 2.17. The van der Waals surface area contributed by atoms with E-state index in [2.05, 4.69) is 15.0 Å². The van der Waals surface area contributed by atoms with Crippen molar-refractivity contribution in [2.45, 2.75) is 19.5 Å². The van der Waals surface area contributed by atoms with Gasteiger partial charge < -0.3 is 0 Å². The minimum Gasteiger partial charge on any atom is -0.295 e. The highest BCUT2D eigenvalue weighted by atomic mass is 32.2. The summed E-state index contributed by atoms with van der Waals surface area (Å²) in [6.45, 7) is 2.14. The number of aryl methyl sites for hydroxylation is 1. The van der Waals surface area contributed by atoms with Gasteiger partial charge in [0.2, 0.25) is 16.0 Å². The number of alkyl halides is 3. The Labute approximate surface area is 182 Å². The fourth-order valence-electron chi connectivity index (χ4n) is 3.30. The molecule has 1 aromatic heterocycles. The van der Waals surface area contributed by atoms with E-state index in [-0.39, 0.29) is 4.91 Å². The van der Waals surface area contributed by atoms with Gasteiger partial charge in [-0.25, -0.2) is 28.5 Å². The number of rotatable bonds is 3. The number of sulfonamides is 1. The monoisotopic (exact) mass is 461 g/mol. The quantitative estimate of drug-likeness (QED) is 0.751. The van der Waals surface area contributed by atoms with Gasteiger partial charge in [-0.1, -0.05) is 24.3 Å². The minimum atomic E-state index is -4.40. The first-order chi connectivity index (χ1) is 15.0. The number of hydrogen-bond acceptors (Lipinski definition) is 6. The van der Waals surface area contributed by atoms with Crippen LogP contribution in [0.3, 0.4) is 0 Å². The molecule has 0 atom stereocenters. The van der Waals surface area contributed by atoms with Crippen molar-refractivity contribution in [3.8, 4) is 11.3 Å². The molecule has 0 bridgehead atoms. The fraction of sp³-hybridized carbons (Fsp3) is 0.190. The molecule has 2 aromatic rings. The molecule has 32 heavy (non-hydrogen) atoms. The standard InChI is InChI=1S/C21H18F3N5O2S/c1-13-10-18(14-2-6-16(7-3-14)21(22,23)24)28-20(27-13)29-11-19(26-12-29)15-4-8-17(9-5-15)32(25,30)31/h2-4,6-10,12H,5,11H2,1H3,(H2,25,30,31). The molecule has 1 aliphatic carbocycles. The van der Waals surface area contributed by atoms with Crippen LogP contribution in [0.4, 0.5) is 19.1 Å². The predicted molar refractivity (Wildman–Crippen MR) is 115 cm³/mol. The van der Waals surface area contributed by atoms with Crippen LogP contribution in [0.1, 0.15) is 17.7 Å². The third-order valence-corrected chi connectivity index (χ3v) is 5.91. The molecule has 11 heteroatoms. The van der Waals surface area contributed by atoms with Crippen LogP contribution in [0.2, 0.25) is 0 Å². The predicted octanol–water partition coefficient (Wildman–Crippen LogP) is 3.71. The summed E-state index contributed by atoms with van der Waals surface area (Å²) in [5, 5.41) is 5.14. The van der Waals surface area contributed by atoms with Gasteiger partial charge in [0.05, 0.1) is 34.7 Å². The molecule has 0 saturated heterocycles. The first-order valence-electron chi connectivity index (χ1n) is 9.48. The van der Waals surface area contributed by atoms with Crippen molar-refractivity contribution in [3.05, 3.63) is 76.0 Å². The molecule has 166 valence electrons. The van der Waals surface area contributed by atoms with Crippen LogP contribution in [0, 0.1) is 6.92 Å². The van der Waals surface area contributed by atoms with E-state index in [9.17, 15) is 21.6 Å². The summed E-state index contributed by atoms with van der Waals surface area (Å²) in [6, 6.07) is 6.49. The van der Waals surface area contributed by atoms with E-state index in [0.717, 1.165) is 23.4 Å². The molecule has 0 spiro atoms. The zero-order valence-electron chi connectivity index (χ0n) is 16.8. The summed E-state index contributed by atoms with van der Waals surface area (Å²) in [5.74, 6) is 0.361. The van der Waals surface area contributed by atoms with Crippen molar-refractivity contribution in [1.82, 2.24) is 9.97 Å². The van der Waals surface area contributed by atoms with Crippen LogP contribution >= 0.6 is 0 Å². The molecule has 1 aliphatic heterocycles. The number of benzene rings is 1. The lowest BCUT2D eigenvalue weighted by molar-refractivity contribution is -0.137. The van der Waals surface area contributed by atoms with Gasteiger partial charge in [-0.15, -0.1) is 0 Å². The first kappa shape index (κ1) is 21.9. The summed E-state index contributed by atoms with van der Waals surface area (Å²) >= 11 is 0. The lowest BCUT2D eigenvalue weighted by atomic mass is 10.1. The van der Waals surface area contributed by atoms with Crippen molar-refractivity contribution in [3.63, 3.8) is 0 Å². The largest absolute Gasteiger partial charge is 0.416 e. The first-order valence-corrected chi connectivity index (χ1v) is 11.0. The number of halogens is 3. The smallest absolute Gasteiger partial charge is 0.295 e. The highest BCUT2D eigenvalue weighted by Gasteiger charge is 2.30. The molecule has 0 amide bonds. The number of hydrogen-bond donors (Lipinski definition) is 1. The Bertz CT molecular complexity index is 1290. The highest BCUT2D eigenvalue weighted by molar-refractivity contribution is 7.93. The second-order valence-electron chi connectivity index (χ2n) is 7.30. The number of nitrogens with two attached hydrogens (primary N) is 1. The maximum absolute atomic E-state index is 12.8. The van der Waals surface area contributed by atoms with Gasteiger partial charge in [0.25, 0.3) is 0 Å². The SMILES string of the molecule is Cc1cc(-c2ccc(C(F)(F)F)cc2)nc(N2C=NC(=C3C=CC(S(N)(=O)=O)=CC3)C2)n1. The average molecular weight is 461 g/mol. The van der Waals surface area contributed by atoms with Crippen molar-refractivity contribution in [2.75, 3.05) is 11.4 Å². The molecule has 2 heterocycles. The van der Waals surface area contributed by atoms with E-state index in [1.165, 1.54) is 24.3 Å². The van der Waals surface area contributed by atoms with E-state index in [4.69, 9.17) is 5.14 Å². The van der Waals surface area contributed by atoms with Crippen LogP contribution < -0.4 is 10.0 Å². The normalized spacial score (nSPS) is 18.9. The zero-order chi connectivity index (χ0) is 23.1. The van der Waals surface area contributed by atoms with Gasteiger partial charge in [-0.05, 0) is 43.2 Å². The van der Waals surface area contributed by atoms with E-state index < -0.39 is 21.8 Å². The number of allylic oxidation sites excluding steroid dienone is 4. The van der Waals surface area contributed by atoms with Gasteiger partial charge in [0.15, 0.2) is 0 Å². The molecule has 7 nitrogen and oxygen atoms in total. The van der Waals surface area contributed by atoms with Crippen molar-refractivity contribution >= 4 is 22.3 Å². The van der Waals surface area contributed by atoms with E-state index >= 15 is 0 Å². The molecule has 0 saturated carbocycles. The second kappa shape index (κ2) is 7.99. The van der Waals surface area contributed by atoms with Crippen LogP contribution in [0.25, 0.3) is 11.3 Å². The van der Waals surface area contributed by atoms with Crippen molar-refractivity contribution in [2.24, 2.45) is 10.1 Å². The molecule has 1 aromatic carbocycles. The molecule has 0 radical (unpaired) electrons. The Kier molecular flexibility index (Phi) is 5.47. The van der Waals surface area contributed by atoms with Crippen LogP contribution in [-0.2, 0) is 16.2 Å². The number of anilines is 1. The van der Waals surface area contributed by atoms with Gasteiger partial charge in [-0.3, -0.25) is 4.90 Å². The highest BCUT2D eigenvalue weighted by Crippen LogP contribution is 2.31. The lowest BCUT2D eigenvalue weighted by Crippen LogP contribution is -2.21. The zero-order valence-corrected chi connectivity index (χ0v) is 17.7. The topological polar surface area (TPSA) is 102 Å². The Hall–Kier alpha value is -3.31. The molecule has 0 fully saturated rings. The van der Waals surface area contributed by atoms with Crippen LogP contribution in [-0.4, -0.2) is 31.3 Å². The number of aromatic nitrogens is 2. The molecule has 2 N–H and O–H groups in total. The third-order valence-electron chi connectivity index (χ3n) is 4.95. The van der Waals surface area contributed by atoms with Crippen molar-refractivity contribution < 1.29 is 21.6 Å². The molecule has 4 rings (SSSR count). The Morgan fingerprint density at radius 2 is 1.81 bits per heavy atom. The summed E-state index contributed by atoms with van der Waals surface area (Å²) in [4.78, 5) is 15.1. The Morgan fingerprint density at radius 1 is 1.09 bits per heavy atom. The summed E-state index contributed by atoms with van der Waals surface area (Å²) < 4.78 is 61.4. The molecule has 2 aliphatic rings. The lowest BCUT2D eigenvalue weighted by Gasteiger charge is -2.15.